The van der Waals surface area contributed by atoms with Gasteiger partial charge < -0.3 is 5.73 Å². The fourth-order valence-electron chi connectivity index (χ4n) is 0.382. The van der Waals surface area contributed by atoms with Gasteiger partial charge in [-0.1, -0.05) is 0 Å². The summed E-state index contributed by atoms with van der Waals surface area (Å²) in [4.78, 5) is 0. The van der Waals surface area contributed by atoms with Gasteiger partial charge in [0.2, 0.25) is 0 Å². The molecule has 2 N–H and O–H groups in total. The van der Waals surface area contributed by atoms with Gasteiger partial charge in [0.25, 0.3) is 0 Å². The van der Waals surface area contributed by atoms with Crippen LogP contribution in [0.3, 0.4) is 0 Å². The van der Waals surface area contributed by atoms with Gasteiger partial charge in [-0.3, -0.25) is 0 Å². The zero-order valence-corrected chi connectivity index (χ0v) is 5.68. The largest absolute Gasteiger partial charge is 0.455 e. The van der Waals surface area contributed by atoms with Crippen molar-refractivity contribution in [2.75, 3.05) is 0 Å². The molecule has 0 aromatic carbocycles. The normalized spacial score (nSPS) is 17.3. The molecule has 0 aromatic heterocycles. The monoisotopic (exact) mass is 217 g/mol. The molecule has 0 aromatic rings. The summed E-state index contributed by atoms with van der Waals surface area (Å²) >= 11 is 0. The molecular weight excluding hydrogens is 214 g/mol. The van der Waals surface area contributed by atoms with Gasteiger partial charge in [-0.2, -0.15) is 35.1 Å². The van der Waals surface area contributed by atoms with Crippen LogP contribution in [0.25, 0.3) is 0 Å². The quantitative estimate of drug-likeness (QED) is 0.668. The molecule has 1 atom stereocenters. The van der Waals surface area contributed by atoms with Crippen molar-refractivity contribution in [3.8, 4) is 0 Å². The fourth-order valence-corrected chi connectivity index (χ4v) is 0.382. The van der Waals surface area contributed by atoms with Gasteiger partial charge in [0, 0.05) is 0 Å². The Morgan fingerprint density at radius 3 is 1.15 bits per heavy atom. The second-order valence-electron chi connectivity index (χ2n) is 2.14. The van der Waals surface area contributed by atoms with Gasteiger partial charge in [0.1, 0.15) is 0 Å². The first kappa shape index (κ1) is 12.4. The zero-order valence-electron chi connectivity index (χ0n) is 5.68. The molecule has 0 radical (unpaired) electrons. The van der Waals surface area contributed by atoms with Crippen LogP contribution in [-0.2, 0) is 0 Å². The van der Waals surface area contributed by atoms with Crippen LogP contribution in [-0.4, -0.2) is 24.3 Å². The number of halogens is 8. The van der Waals surface area contributed by atoms with Gasteiger partial charge in [0.15, 0.2) is 6.04 Å². The van der Waals surface area contributed by atoms with Crippen LogP contribution in [0.5, 0.6) is 0 Å². The first-order chi connectivity index (χ1) is 5.40. The first-order valence-corrected chi connectivity index (χ1v) is 2.67. The van der Waals surface area contributed by atoms with Gasteiger partial charge in [-0.15, -0.1) is 0 Å². The molecule has 1 unspecified atom stereocenters. The van der Waals surface area contributed by atoms with E-state index in [2.05, 4.69) is 5.73 Å². The molecule has 0 aliphatic rings. The van der Waals surface area contributed by atoms with E-state index in [4.69, 9.17) is 0 Å². The van der Waals surface area contributed by atoms with Crippen molar-refractivity contribution in [3.05, 3.63) is 0 Å². The Hall–Kier alpha value is -0.600. The number of alkyl halides is 8. The van der Waals surface area contributed by atoms with E-state index in [-0.39, 0.29) is 0 Å². The van der Waals surface area contributed by atoms with E-state index in [1.807, 2.05) is 0 Å². The summed E-state index contributed by atoms with van der Waals surface area (Å²) in [6.07, 6.45) is -12.1. The third kappa shape index (κ3) is 2.42. The minimum Gasteiger partial charge on any atom is -0.315 e. The Balaban J connectivity index is 4.86. The van der Waals surface area contributed by atoms with Crippen LogP contribution >= 0.6 is 0 Å². The highest BCUT2D eigenvalue weighted by Gasteiger charge is 2.68. The lowest BCUT2D eigenvalue weighted by Crippen LogP contribution is -2.58. The molecule has 80 valence electrons. The second-order valence-corrected chi connectivity index (χ2v) is 2.14. The summed E-state index contributed by atoms with van der Waals surface area (Å²) in [6, 6.07) is -4.24. The van der Waals surface area contributed by atoms with Gasteiger partial charge >= 0.3 is 18.3 Å². The van der Waals surface area contributed by atoms with Crippen LogP contribution in [0.2, 0.25) is 0 Å². The van der Waals surface area contributed by atoms with Crippen molar-refractivity contribution in [2.45, 2.75) is 24.3 Å². The highest BCUT2D eigenvalue weighted by molar-refractivity contribution is 4.91. The van der Waals surface area contributed by atoms with Crippen molar-refractivity contribution in [1.82, 2.24) is 0 Å². The van der Waals surface area contributed by atoms with Crippen molar-refractivity contribution < 1.29 is 35.1 Å². The Bertz CT molecular complexity index is 178. The van der Waals surface area contributed by atoms with E-state index in [0.717, 1.165) is 0 Å². The zero-order chi connectivity index (χ0) is 11.1. The van der Waals surface area contributed by atoms with E-state index in [1.165, 1.54) is 0 Å². The molecule has 0 fully saturated rings. The van der Waals surface area contributed by atoms with Crippen LogP contribution in [0, 0.1) is 0 Å². The molecule has 0 amide bonds. The number of hydrogen-bond acceptors (Lipinski definition) is 1. The lowest BCUT2D eigenvalue weighted by Gasteiger charge is -2.26. The number of rotatable bonds is 1. The maximum Gasteiger partial charge on any atom is 0.455 e. The minimum atomic E-state index is -6.30. The summed E-state index contributed by atoms with van der Waals surface area (Å²) < 4.78 is 91.7. The van der Waals surface area contributed by atoms with Crippen molar-refractivity contribution in [1.29, 1.82) is 0 Å². The highest BCUT2D eigenvalue weighted by Crippen LogP contribution is 2.42. The Labute approximate surface area is 66.5 Å². The highest BCUT2D eigenvalue weighted by atomic mass is 19.4. The van der Waals surface area contributed by atoms with Crippen LogP contribution < -0.4 is 5.73 Å². The Kier molecular flexibility index (Phi) is 2.83. The minimum absolute atomic E-state index is 3.72. The molecule has 9 heteroatoms. The summed E-state index contributed by atoms with van der Waals surface area (Å²) in [6.45, 7) is 0. The van der Waals surface area contributed by atoms with Crippen LogP contribution in [0.4, 0.5) is 35.1 Å². The smallest absolute Gasteiger partial charge is 0.315 e. The third-order valence-corrected chi connectivity index (χ3v) is 1.12. The van der Waals surface area contributed by atoms with Crippen molar-refractivity contribution in [3.63, 3.8) is 0 Å². The summed E-state index contributed by atoms with van der Waals surface area (Å²) in [7, 11) is 0. The molecule has 0 rings (SSSR count). The first-order valence-electron chi connectivity index (χ1n) is 2.67. The maximum atomic E-state index is 11.9. The Morgan fingerprint density at radius 2 is 1.08 bits per heavy atom. The van der Waals surface area contributed by atoms with E-state index in [9.17, 15) is 35.1 Å². The molecule has 0 bridgehead atoms. The maximum absolute atomic E-state index is 11.9. The van der Waals surface area contributed by atoms with E-state index < -0.39 is 24.3 Å². The Morgan fingerprint density at radius 1 is 0.769 bits per heavy atom. The molecule has 13 heavy (non-hydrogen) atoms. The van der Waals surface area contributed by atoms with Crippen LogP contribution in [0.15, 0.2) is 0 Å². The second kappa shape index (κ2) is 2.96. The third-order valence-electron chi connectivity index (χ3n) is 1.12. The lowest BCUT2D eigenvalue weighted by molar-refractivity contribution is -0.322. The lowest BCUT2D eigenvalue weighted by atomic mass is 10.1. The fraction of sp³-hybridized carbons (Fsp3) is 1.00. The van der Waals surface area contributed by atoms with Crippen molar-refractivity contribution >= 4 is 0 Å². The van der Waals surface area contributed by atoms with Gasteiger partial charge in [-0.05, 0) is 0 Å². The molecule has 0 saturated heterocycles. The number of nitrogens with two attached hydrogens (primary N) is 1. The predicted molar refractivity (Wildman–Crippen MR) is 25.0 cm³/mol. The molecule has 0 spiro atoms. The SMILES string of the molecule is NC(C(F)(F)F)C(F)(F)C(F)(F)F. The van der Waals surface area contributed by atoms with Crippen molar-refractivity contribution in [2.24, 2.45) is 5.73 Å². The molecule has 0 heterocycles. The van der Waals surface area contributed by atoms with Gasteiger partial charge in [0.05, 0.1) is 0 Å². The molecule has 0 saturated carbocycles. The predicted octanol–water partition coefficient (Wildman–Crippen LogP) is 2.07. The van der Waals surface area contributed by atoms with E-state index in [0.29, 0.717) is 0 Å². The van der Waals surface area contributed by atoms with E-state index in [1.54, 1.807) is 0 Å². The number of hydrogen-bond donors (Lipinski definition) is 1. The summed E-state index contributed by atoms with van der Waals surface area (Å²) in [5, 5.41) is 0. The summed E-state index contributed by atoms with van der Waals surface area (Å²) in [5.74, 6) is -5.97. The molecule has 0 aliphatic heterocycles. The molecule has 0 aliphatic carbocycles. The summed E-state index contributed by atoms with van der Waals surface area (Å²) in [5.41, 5.74) is 3.72. The standard InChI is InChI=1S/C4H3F8N/c5-2(6,4(10,11)12)1(13)3(7,8)9/h1H,13H2. The molecule has 1 nitrogen and oxygen atoms in total. The van der Waals surface area contributed by atoms with Crippen LogP contribution in [0.1, 0.15) is 0 Å². The average Bonchev–Trinajstić information content (AvgIpc) is 1.81. The average molecular weight is 217 g/mol. The molecular formula is C4H3F8N. The topological polar surface area (TPSA) is 26.0 Å². The van der Waals surface area contributed by atoms with Gasteiger partial charge in [-0.25, -0.2) is 0 Å². The van der Waals surface area contributed by atoms with E-state index >= 15 is 0 Å².